The Morgan fingerprint density at radius 2 is 2.04 bits per heavy atom. The number of rotatable bonds is 6. The highest BCUT2D eigenvalue weighted by Crippen LogP contribution is 2.28. The topological polar surface area (TPSA) is 62.3 Å². The molecule has 0 amide bonds. The number of halogens is 3. The van der Waals surface area contributed by atoms with Gasteiger partial charge in [-0.15, -0.1) is 0 Å². The number of sulfonamides is 1. The van der Waals surface area contributed by atoms with Crippen LogP contribution >= 0.6 is 0 Å². The van der Waals surface area contributed by atoms with Crippen molar-refractivity contribution in [2.45, 2.75) is 38.5 Å². The van der Waals surface area contributed by atoms with E-state index in [-0.39, 0.29) is 12.0 Å². The zero-order valence-corrected chi connectivity index (χ0v) is 14.5. The first kappa shape index (κ1) is 19.1. The molecular formula is C15H22F3N3O2S. The lowest BCUT2D eigenvalue weighted by Crippen LogP contribution is -2.39. The van der Waals surface area contributed by atoms with Gasteiger partial charge in [-0.3, -0.25) is 9.88 Å². The lowest BCUT2D eigenvalue weighted by atomic mass is 9.99. The summed E-state index contributed by atoms with van der Waals surface area (Å²) in [6.07, 6.45) is -0.229. The van der Waals surface area contributed by atoms with Gasteiger partial charge in [-0.1, -0.05) is 19.4 Å². The number of nitrogens with one attached hydrogen (secondary N) is 1. The average molecular weight is 365 g/mol. The van der Waals surface area contributed by atoms with Crippen LogP contribution in [-0.4, -0.2) is 43.7 Å². The Bertz CT molecular complexity index is 647. The predicted octanol–water partition coefficient (Wildman–Crippen LogP) is 2.25. The summed E-state index contributed by atoms with van der Waals surface area (Å²) in [5.41, 5.74) is -0.230. The van der Waals surface area contributed by atoms with Crippen LogP contribution in [0.4, 0.5) is 13.2 Å². The fraction of sp³-hybridized carbons (Fsp3) is 0.667. The minimum absolute atomic E-state index is 0.164. The summed E-state index contributed by atoms with van der Waals surface area (Å²) in [6, 6.07) is 2.23. The van der Waals surface area contributed by atoms with Crippen molar-refractivity contribution in [3.8, 4) is 0 Å². The molecule has 2 rings (SSSR count). The number of likely N-dealkylation sites (tertiary alicyclic amines) is 1. The molecule has 0 bridgehead atoms. The molecular weight excluding hydrogens is 343 g/mol. The Morgan fingerprint density at radius 1 is 1.33 bits per heavy atom. The van der Waals surface area contributed by atoms with Crippen LogP contribution in [0.1, 0.15) is 31.0 Å². The van der Waals surface area contributed by atoms with Crippen molar-refractivity contribution in [2.24, 2.45) is 5.92 Å². The number of nitrogens with zero attached hydrogens (tertiary/aromatic N) is 2. The normalized spacial score (nSPS) is 22.9. The molecule has 1 saturated heterocycles. The molecule has 24 heavy (non-hydrogen) atoms. The highest BCUT2D eigenvalue weighted by molar-refractivity contribution is 7.88. The summed E-state index contributed by atoms with van der Waals surface area (Å²) >= 11 is 0. The van der Waals surface area contributed by atoms with Crippen LogP contribution in [0.5, 0.6) is 0 Å². The fourth-order valence-electron chi connectivity index (χ4n) is 3.11. The maximum Gasteiger partial charge on any atom is 0.433 e. The average Bonchev–Trinajstić information content (AvgIpc) is 2.78. The number of aromatic nitrogens is 1. The Balaban J connectivity index is 2.02. The highest BCUT2D eigenvalue weighted by atomic mass is 32.2. The van der Waals surface area contributed by atoms with E-state index in [1.165, 1.54) is 12.3 Å². The third-order valence-electron chi connectivity index (χ3n) is 4.06. The second-order valence-electron chi connectivity index (χ2n) is 6.29. The first-order valence-electron chi connectivity index (χ1n) is 7.80. The van der Waals surface area contributed by atoms with Crippen molar-refractivity contribution < 1.29 is 21.6 Å². The van der Waals surface area contributed by atoms with Gasteiger partial charge in [-0.25, -0.2) is 13.1 Å². The van der Waals surface area contributed by atoms with Crippen LogP contribution in [0.3, 0.4) is 0 Å². The summed E-state index contributed by atoms with van der Waals surface area (Å²) in [7, 11) is -3.29. The quantitative estimate of drug-likeness (QED) is 0.840. The summed E-state index contributed by atoms with van der Waals surface area (Å²) in [5, 5.41) is 0. The van der Waals surface area contributed by atoms with E-state index in [2.05, 4.69) is 9.71 Å². The van der Waals surface area contributed by atoms with E-state index in [4.69, 9.17) is 0 Å². The molecule has 9 heteroatoms. The Morgan fingerprint density at radius 3 is 2.54 bits per heavy atom. The SMILES string of the molecule is CCC[C@@H]1CN(Cc2ccc(C(F)(F)F)nc2)C[C@H]1NS(C)(=O)=O. The van der Waals surface area contributed by atoms with Crippen molar-refractivity contribution in [3.05, 3.63) is 29.6 Å². The molecule has 2 heterocycles. The van der Waals surface area contributed by atoms with Gasteiger partial charge in [0.2, 0.25) is 10.0 Å². The van der Waals surface area contributed by atoms with Gasteiger partial charge < -0.3 is 0 Å². The smallest absolute Gasteiger partial charge is 0.297 e. The molecule has 2 atom stereocenters. The van der Waals surface area contributed by atoms with Crippen molar-refractivity contribution in [1.82, 2.24) is 14.6 Å². The third-order valence-corrected chi connectivity index (χ3v) is 4.79. The minimum Gasteiger partial charge on any atom is -0.297 e. The molecule has 1 aliphatic heterocycles. The van der Waals surface area contributed by atoms with Crippen LogP contribution < -0.4 is 4.72 Å². The van der Waals surface area contributed by atoms with E-state index in [0.29, 0.717) is 25.2 Å². The Labute approximate surface area is 140 Å². The Kier molecular flexibility index (Phi) is 5.87. The molecule has 0 spiro atoms. The van der Waals surface area contributed by atoms with Crippen molar-refractivity contribution >= 4 is 10.0 Å². The second-order valence-corrected chi connectivity index (χ2v) is 8.07. The molecule has 0 unspecified atom stereocenters. The van der Waals surface area contributed by atoms with Crippen LogP contribution in [0.2, 0.25) is 0 Å². The lowest BCUT2D eigenvalue weighted by molar-refractivity contribution is -0.141. The second kappa shape index (κ2) is 7.37. The molecule has 0 saturated carbocycles. The molecule has 0 radical (unpaired) electrons. The third kappa shape index (κ3) is 5.42. The first-order chi connectivity index (χ1) is 11.1. The van der Waals surface area contributed by atoms with Gasteiger partial charge in [-0.2, -0.15) is 13.2 Å². The van der Waals surface area contributed by atoms with Crippen LogP contribution in [-0.2, 0) is 22.7 Å². The predicted molar refractivity (Wildman–Crippen MR) is 84.7 cm³/mol. The molecule has 1 aliphatic rings. The molecule has 1 aromatic heterocycles. The van der Waals surface area contributed by atoms with Gasteiger partial charge in [0.25, 0.3) is 0 Å². The number of pyridine rings is 1. The van der Waals surface area contributed by atoms with Gasteiger partial charge in [-0.05, 0) is 24.0 Å². The van der Waals surface area contributed by atoms with Crippen LogP contribution in [0.15, 0.2) is 18.3 Å². The van der Waals surface area contributed by atoms with E-state index >= 15 is 0 Å². The lowest BCUT2D eigenvalue weighted by Gasteiger charge is -2.17. The van der Waals surface area contributed by atoms with Gasteiger partial charge in [0.05, 0.1) is 6.26 Å². The fourth-order valence-corrected chi connectivity index (χ4v) is 3.92. The van der Waals surface area contributed by atoms with Crippen molar-refractivity contribution in [1.29, 1.82) is 0 Å². The van der Waals surface area contributed by atoms with E-state index in [0.717, 1.165) is 25.2 Å². The maximum atomic E-state index is 12.5. The number of alkyl halides is 3. The molecule has 0 aliphatic carbocycles. The van der Waals surface area contributed by atoms with Crippen molar-refractivity contribution in [2.75, 3.05) is 19.3 Å². The summed E-state index contributed by atoms with van der Waals surface area (Å²) in [6.45, 7) is 3.74. The molecule has 1 fully saturated rings. The zero-order valence-electron chi connectivity index (χ0n) is 13.7. The molecule has 136 valence electrons. The molecule has 1 N–H and O–H groups in total. The maximum absolute atomic E-state index is 12.5. The van der Waals surface area contributed by atoms with E-state index in [9.17, 15) is 21.6 Å². The van der Waals surface area contributed by atoms with Gasteiger partial charge >= 0.3 is 6.18 Å². The minimum atomic E-state index is -4.44. The molecule has 5 nitrogen and oxygen atoms in total. The van der Waals surface area contributed by atoms with E-state index < -0.39 is 21.9 Å². The van der Waals surface area contributed by atoms with E-state index in [1.54, 1.807) is 0 Å². The largest absolute Gasteiger partial charge is 0.433 e. The van der Waals surface area contributed by atoms with E-state index in [1.807, 2.05) is 11.8 Å². The van der Waals surface area contributed by atoms with Gasteiger partial charge in [0.1, 0.15) is 5.69 Å². The number of hydrogen-bond acceptors (Lipinski definition) is 4. The molecule has 1 aromatic rings. The highest BCUT2D eigenvalue weighted by Gasteiger charge is 2.34. The molecule has 0 aromatic carbocycles. The summed E-state index contributed by atoms with van der Waals surface area (Å²) < 4.78 is 63.2. The van der Waals surface area contributed by atoms with Crippen LogP contribution in [0.25, 0.3) is 0 Å². The first-order valence-corrected chi connectivity index (χ1v) is 9.69. The van der Waals surface area contributed by atoms with Crippen LogP contribution in [0, 0.1) is 5.92 Å². The summed E-state index contributed by atoms with van der Waals surface area (Å²) in [5.74, 6) is 0.201. The standard InChI is InChI=1S/C15H22F3N3O2S/c1-3-4-12-9-21(10-13(12)20-24(2,22)23)8-11-5-6-14(19-7-11)15(16,17)18/h5-7,12-13,20H,3-4,8-10H2,1-2H3/t12-,13-/m1/s1. The number of hydrogen-bond donors (Lipinski definition) is 1. The van der Waals surface area contributed by atoms with Gasteiger partial charge in [0.15, 0.2) is 0 Å². The van der Waals surface area contributed by atoms with Crippen molar-refractivity contribution in [3.63, 3.8) is 0 Å². The zero-order chi connectivity index (χ0) is 18.0. The monoisotopic (exact) mass is 365 g/mol. The Hall–Kier alpha value is -1.19. The van der Waals surface area contributed by atoms with Gasteiger partial charge in [0, 0.05) is 31.9 Å². The summed E-state index contributed by atoms with van der Waals surface area (Å²) in [4.78, 5) is 5.51.